The van der Waals surface area contributed by atoms with E-state index < -0.39 is 0 Å². The number of rotatable bonds is 11. The van der Waals surface area contributed by atoms with E-state index in [9.17, 15) is 0 Å². The van der Waals surface area contributed by atoms with Gasteiger partial charge in [0, 0.05) is 0 Å². The van der Waals surface area contributed by atoms with Crippen molar-refractivity contribution < 1.29 is 0 Å². The highest BCUT2D eigenvalue weighted by Crippen LogP contribution is 2.18. The molecule has 0 fully saturated rings. The van der Waals surface area contributed by atoms with E-state index in [4.69, 9.17) is 0 Å². The van der Waals surface area contributed by atoms with Gasteiger partial charge >= 0.3 is 0 Å². The molecule has 0 bridgehead atoms. The van der Waals surface area contributed by atoms with Crippen LogP contribution in [0.15, 0.2) is 0 Å². The van der Waals surface area contributed by atoms with Crippen molar-refractivity contribution >= 4 is 12.6 Å². The predicted molar refractivity (Wildman–Crippen MR) is 79.5 cm³/mol. The summed E-state index contributed by atoms with van der Waals surface area (Å²) in [4.78, 5) is 0. The number of hydrogen-bond acceptors (Lipinski definition) is 1. The van der Waals surface area contributed by atoms with Gasteiger partial charge in [0.15, 0.2) is 0 Å². The molecule has 0 rings (SSSR count). The van der Waals surface area contributed by atoms with Crippen LogP contribution in [-0.4, -0.2) is 5.25 Å². The molecule has 0 heterocycles. The lowest BCUT2D eigenvalue weighted by molar-refractivity contribution is 0.455. The van der Waals surface area contributed by atoms with Gasteiger partial charge in [-0.1, -0.05) is 78.6 Å². The van der Waals surface area contributed by atoms with E-state index >= 15 is 0 Å². The van der Waals surface area contributed by atoms with E-state index in [1.54, 1.807) is 0 Å². The zero-order chi connectivity index (χ0) is 12.2. The SMILES string of the molecule is CCCCCCCCCCC(C)CC(C)S. The molecular weight excluding hydrogens is 212 g/mol. The highest BCUT2D eigenvalue weighted by atomic mass is 32.1. The number of unbranched alkanes of at least 4 members (excludes halogenated alkanes) is 7. The number of hydrogen-bond donors (Lipinski definition) is 1. The average molecular weight is 244 g/mol. The first-order chi connectivity index (χ1) is 7.66. The molecule has 0 aliphatic carbocycles. The van der Waals surface area contributed by atoms with Gasteiger partial charge in [-0.25, -0.2) is 0 Å². The third kappa shape index (κ3) is 12.4. The summed E-state index contributed by atoms with van der Waals surface area (Å²) in [6.45, 7) is 6.85. The van der Waals surface area contributed by atoms with Crippen molar-refractivity contribution in [2.24, 2.45) is 5.92 Å². The van der Waals surface area contributed by atoms with Crippen LogP contribution in [0.5, 0.6) is 0 Å². The minimum Gasteiger partial charge on any atom is -0.176 e. The van der Waals surface area contributed by atoms with Gasteiger partial charge in [0.2, 0.25) is 0 Å². The molecule has 0 amide bonds. The fourth-order valence-electron chi connectivity index (χ4n) is 2.33. The van der Waals surface area contributed by atoms with Crippen molar-refractivity contribution in [3.8, 4) is 0 Å². The summed E-state index contributed by atoms with van der Waals surface area (Å²) in [6.07, 6.45) is 14.1. The fraction of sp³-hybridized carbons (Fsp3) is 1.00. The van der Waals surface area contributed by atoms with E-state index in [0.29, 0.717) is 5.25 Å². The van der Waals surface area contributed by atoms with Crippen LogP contribution in [0.2, 0.25) is 0 Å². The lowest BCUT2D eigenvalue weighted by Gasteiger charge is -2.12. The highest BCUT2D eigenvalue weighted by molar-refractivity contribution is 7.80. The van der Waals surface area contributed by atoms with E-state index in [0.717, 1.165) is 5.92 Å². The molecule has 0 saturated heterocycles. The monoisotopic (exact) mass is 244 g/mol. The smallest absolute Gasteiger partial charge is 0.000905 e. The summed E-state index contributed by atoms with van der Waals surface area (Å²) in [6, 6.07) is 0. The van der Waals surface area contributed by atoms with Crippen molar-refractivity contribution in [3.05, 3.63) is 0 Å². The molecule has 2 atom stereocenters. The second-order valence-electron chi connectivity index (χ2n) is 5.45. The molecule has 16 heavy (non-hydrogen) atoms. The van der Waals surface area contributed by atoms with Gasteiger partial charge in [-0.05, 0) is 17.6 Å². The molecule has 0 aliphatic rings. The van der Waals surface area contributed by atoms with Crippen LogP contribution in [0.1, 0.15) is 85.0 Å². The van der Waals surface area contributed by atoms with E-state index in [1.165, 1.54) is 64.2 Å². The molecule has 0 saturated carbocycles. The highest BCUT2D eigenvalue weighted by Gasteiger charge is 2.04. The molecule has 0 spiro atoms. The largest absolute Gasteiger partial charge is 0.176 e. The summed E-state index contributed by atoms with van der Waals surface area (Å²) < 4.78 is 0. The van der Waals surface area contributed by atoms with Gasteiger partial charge in [-0.2, -0.15) is 12.6 Å². The molecular formula is C15H32S. The first kappa shape index (κ1) is 16.4. The standard InChI is InChI=1S/C15H32S/c1-4-5-6-7-8-9-10-11-12-14(2)13-15(3)16/h14-16H,4-13H2,1-3H3. The predicted octanol–water partition coefficient (Wildman–Crippen LogP) is 5.86. The Balaban J connectivity index is 3.08. The zero-order valence-corrected chi connectivity index (χ0v) is 12.6. The average Bonchev–Trinajstić information content (AvgIpc) is 2.21. The molecule has 2 unspecified atom stereocenters. The van der Waals surface area contributed by atoms with Gasteiger partial charge in [-0.15, -0.1) is 0 Å². The van der Waals surface area contributed by atoms with Crippen LogP contribution < -0.4 is 0 Å². The Morgan fingerprint density at radius 1 is 0.812 bits per heavy atom. The quantitative estimate of drug-likeness (QED) is 0.341. The third-order valence-corrected chi connectivity index (χ3v) is 3.50. The Bertz CT molecular complexity index is 131. The van der Waals surface area contributed by atoms with Crippen LogP contribution in [-0.2, 0) is 0 Å². The Labute approximate surface area is 109 Å². The molecule has 0 aromatic heterocycles. The second kappa shape index (κ2) is 11.8. The summed E-state index contributed by atoms with van der Waals surface area (Å²) in [5.41, 5.74) is 0. The first-order valence-corrected chi connectivity index (χ1v) is 7.86. The lowest BCUT2D eigenvalue weighted by atomic mass is 9.97. The zero-order valence-electron chi connectivity index (χ0n) is 11.7. The van der Waals surface area contributed by atoms with E-state index in [2.05, 4.69) is 33.4 Å². The van der Waals surface area contributed by atoms with E-state index in [-0.39, 0.29) is 0 Å². The molecule has 0 aliphatic heterocycles. The Morgan fingerprint density at radius 3 is 1.81 bits per heavy atom. The van der Waals surface area contributed by atoms with Crippen molar-refractivity contribution in [3.63, 3.8) is 0 Å². The Hall–Kier alpha value is 0.350. The molecule has 0 aromatic rings. The maximum Gasteiger partial charge on any atom is -0.000905 e. The van der Waals surface area contributed by atoms with Gasteiger partial charge in [-0.3, -0.25) is 0 Å². The summed E-state index contributed by atoms with van der Waals surface area (Å²) in [5.74, 6) is 0.868. The molecule has 98 valence electrons. The third-order valence-electron chi connectivity index (χ3n) is 3.29. The Kier molecular flexibility index (Phi) is 12.1. The maximum atomic E-state index is 4.45. The molecule has 0 nitrogen and oxygen atoms in total. The second-order valence-corrected chi connectivity index (χ2v) is 6.33. The van der Waals surface area contributed by atoms with Crippen LogP contribution in [0.4, 0.5) is 0 Å². The van der Waals surface area contributed by atoms with Crippen LogP contribution in [0, 0.1) is 5.92 Å². The summed E-state index contributed by atoms with van der Waals surface area (Å²) in [7, 11) is 0. The van der Waals surface area contributed by atoms with Crippen LogP contribution >= 0.6 is 12.6 Å². The lowest BCUT2D eigenvalue weighted by Crippen LogP contribution is -2.02. The normalized spacial score (nSPS) is 15.0. The molecule has 0 radical (unpaired) electrons. The van der Waals surface area contributed by atoms with Gasteiger partial charge < -0.3 is 0 Å². The van der Waals surface area contributed by atoms with Crippen molar-refractivity contribution in [2.45, 2.75) is 90.2 Å². The van der Waals surface area contributed by atoms with Crippen LogP contribution in [0.25, 0.3) is 0 Å². The minimum atomic E-state index is 0.573. The topological polar surface area (TPSA) is 0 Å². The minimum absolute atomic E-state index is 0.573. The van der Waals surface area contributed by atoms with Gasteiger partial charge in [0.1, 0.15) is 0 Å². The molecule has 0 aromatic carbocycles. The molecule has 1 heteroatoms. The summed E-state index contributed by atoms with van der Waals surface area (Å²) >= 11 is 4.45. The maximum absolute atomic E-state index is 4.45. The van der Waals surface area contributed by atoms with Crippen molar-refractivity contribution in [2.75, 3.05) is 0 Å². The Morgan fingerprint density at radius 2 is 1.31 bits per heavy atom. The fourth-order valence-corrected chi connectivity index (χ4v) is 2.69. The van der Waals surface area contributed by atoms with E-state index in [1.807, 2.05) is 0 Å². The number of thiol groups is 1. The van der Waals surface area contributed by atoms with Gasteiger partial charge in [0.25, 0.3) is 0 Å². The van der Waals surface area contributed by atoms with Crippen LogP contribution in [0.3, 0.4) is 0 Å². The van der Waals surface area contributed by atoms with Crippen molar-refractivity contribution in [1.82, 2.24) is 0 Å². The first-order valence-electron chi connectivity index (χ1n) is 7.34. The van der Waals surface area contributed by atoms with Crippen molar-refractivity contribution in [1.29, 1.82) is 0 Å². The van der Waals surface area contributed by atoms with Gasteiger partial charge in [0.05, 0.1) is 0 Å². The molecule has 0 N–H and O–H groups in total. The summed E-state index contributed by atoms with van der Waals surface area (Å²) in [5, 5.41) is 0.573.